The lowest BCUT2D eigenvalue weighted by Crippen LogP contribution is -2.48. The summed E-state index contributed by atoms with van der Waals surface area (Å²) < 4.78 is 0. The molecule has 5 nitrogen and oxygen atoms in total. The Bertz CT molecular complexity index is 559. The molecule has 0 radical (unpaired) electrons. The molecule has 24 heavy (non-hydrogen) atoms. The van der Waals surface area contributed by atoms with Gasteiger partial charge in [-0.3, -0.25) is 9.59 Å². The van der Waals surface area contributed by atoms with E-state index in [-0.39, 0.29) is 42.2 Å². The maximum atomic E-state index is 12.5. The predicted octanol–water partition coefficient (Wildman–Crippen LogP) is 1.96. The summed E-state index contributed by atoms with van der Waals surface area (Å²) in [6, 6.07) is 9.60. The van der Waals surface area contributed by atoms with Crippen molar-refractivity contribution in [3.63, 3.8) is 0 Å². The van der Waals surface area contributed by atoms with E-state index in [4.69, 9.17) is 5.73 Å². The molecule has 0 spiro atoms. The first-order valence-electron chi connectivity index (χ1n) is 8.54. The summed E-state index contributed by atoms with van der Waals surface area (Å²) in [4.78, 5) is 26.6. The van der Waals surface area contributed by atoms with Crippen molar-refractivity contribution >= 4 is 24.2 Å². The Labute approximate surface area is 149 Å². The van der Waals surface area contributed by atoms with E-state index in [1.165, 1.54) is 0 Å². The molecule has 0 bridgehead atoms. The van der Waals surface area contributed by atoms with Crippen LogP contribution >= 0.6 is 12.4 Å². The molecule has 2 amide bonds. The van der Waals surface area contributed by atoms with Crippen LogP contribution in [0.3, 0.4) is 0 Å². The van der Waals surface area contributed by atoms with E-state index in [2.05, 4.69) is 5.32 Å². The number of nitrogens with one attached hydrogen (secondary N) is 1. The molecule has 6 heteroatoms. The van der Waals surface area contributed by atoms with E-state index in [1.54, 1.807) is 0 Å². The smallest absolute Gasteiger partial charge is 0.251 e. The number of nitrogens with two attached hydrogens (primary N) is 1. The summed E-state index contributed by atoms with van der Waals surface area (Å²) in [6.07, 6.45) is 4.35. The number of likely N-dealkylation sites (tertiary alicyclic amines) is 1. The molecule has 1 aromatic carbocycles. The maximum absolute atomic E-state index is 12.5. The number of piperidine rings is 1. The van der Waals surface area contributed by atoms with Crippen LogP contribution in [0.1, 0.15) is 42.5 Å². The number of amides is 2. The molecular weight excluding hydrogens is 326 g/mol. The fourth-order valence-corrected chi connectivity index (χ4v) is 3.60. The van der Waals surface area contributed by atoms with E-state index in [0.29, 0.717) is 5.56 Å². The average Bonchev–Trinajstić information content (AvgIpc) is 3.02. The Kier molecular flexibility index (Phi) is 6.63. The van der Waals surface area contributed by atoms with Crippen LogP contribution in [-0.4, -0.2) is 41.9 Å². The molecule has 2 fully saturated rings. The van der Waals surface area contributed by atoms with Crippen LogP contribution in [-0.2, 0) is 4.79 Å². The number of hydrogen-bond donors (Lipinski definition) is 2. The lowest BCUT2D eigenvalue weighted by atomic mass is 10.0. The van der Waals surface area contributed by atoms with Gasteiger partial charge in [-0.25, -0.2) is 0 Å². The van der Waals surface area contributed by atoms with Gasteiger partial charge in [-0.15, -0.1) is 12.4 Å². The standard InChI is InChI=1S/C18H25N3O2.ClH/c19-15-7-6-14(12-15)18(23)21-10-8-16(9-11-21)20-17(22)13-4-2-1-3-5-13;/h1-5,14-16H,6-12,19H2,(H,20,22);1H. The fourth-order valence-electron chi connectivity index (χ4n) is 3.60. The van der Waals surface area contributed by atoms with Gasteiger partial charge in [0.05, 0.1) is 0 Å². The predicted molar refractivity (Wildman–Crippen MR) is 96.1 cm³/mol. The minimum atomic E-state index is -0.0304. The zero-order valence-corrected chi connectivity index (χ0v) is 14.6. The van der Waals surface area contributed by atoms with Crippen LogP contribution in [0.5, 0.6) is 0 Å². The molecule has 1 saturated carbocycles. The number of hydrogen-bond acceptors (Lipinski definition) is 3. The van der Waals surface area contributed by atoms with Crippen LogP contribution in [0.2, 0.25) is 0 Å². The second-order valence-corrected chi connectivity index (χ2v) is 6.71. The third-order valence-corrected chi connectivity index (χ3v) is 5.00. The summed E-state index contributed by atoms with van der Waals surface area (Å²) in [7, 11) is 0. The molecular formula is C18H26ClN3O2. The van der Waals surface area contributed by atoms with Gasteiger partial charge in [-0.1, -0.05) is 18.2 Å². The highest BCUT2D eigenvalue weighted by Gasteiger charge is 2.33. The number of carbonyl (C=O) groups is 2. The number of rotatable bonds is 3. The summed E-state index contributed by atoms with van der Waals surface area (Å²) >= 11 is 0. The lowest BCUT2D eigenvalue weighted by Gasteiger charge is -2.34. The van der Waals surface area contributed by atoms with E-state index in [1.807, 2.05) is 35.2 Å². The minimum Gasteiger partial charge on any atom is -0.349 e. The molecule has 2 unspecified atom stereocenters. The Morgan fingerprint density at radius 1 is 1.04 bits per heavy atom. The normalized spacial score (nSPS) is 24.3. The van der Waals surface area contributed by atoms with Crippen molar-refractivity contribution in [2.45, 2.75) is 44.2 Å². The van der Waals surface area contributed by atoms with E-state index in [0.717, 1.165) is 45.2 Å². The van der Waals surface area contributed by atoms with Gasteiger partial charge in [0.25, 0.3) is 5.91 Å². The van der Waals surface area contributed by atoms with E-state index in [9.17, 15) is 9.59 Å². The first-order chi connectivity index (χ1) is 11.1. The second kappa shape index (κ2) is 8.49. The molecule has 1 aliphatic carbocycles. The average molecular weight is 352 g/mol. The molecule has 2 atom stereocenters. The quantitative estimate of drug-likeness (QED) is 0.874. The van der Waals surface area contributed by atoms with E-state index >= 15 is 0 Å². The van der Waals surface area contributed by atoms with Gasteiger partial charge in [-0.05, 0) is 44.2 Å². The first kappa shape index (κ1) is 18.7. The van der Waals surface area contributed by atoms with Gasteiger partial charge < -0.3 is 16.0 Å². The highest BCUT2D eigenvalue weighted by atomic mass is 35.5. The van der Waals surface area contributed by atoms with Crippen molar-refractivity contribution in [3.8, 4) is 0 Å². The van der Waals surface area contributed by atoms with Crippen molar-refractivity contribution in [1.29, 1.82) is 0 Å². The van der Waals surface area contributed by atoms with Crippen LogP contribution in [0.15, 0.2) is 30.3 Å². The Morgan fingerprint density at radius 2 is 1.71 bits per heavy atom. The first-order valence-corrected chi connectivity index (χ1v) is 8.54. The Balaban J connectivity index is 0.00000208. The molecule has 2 aliphatic rings. The number of benzene rings is 1. The molecule has 1 aromatic rings. The summed E-state index contributed by atoms with van der Waals surface area (Å²) in [5.41, 5.74) is 6.59. The number of halogens is 1. The highest BCUT2D eigenvalue weighted by Crippen LogP contribution is 2.27. The molecule has 1 saturated heterocycles. The summed E-state index contributed by atoms with van der Waals surface area (Å²) in [6.45, 7) is 1.45. The lowest BCUT2D eigenvalue weighted by molar-refractivity contribution is -0.136. The summed E-state index contributed by atoms with van der Waals surface area (Å²) in [5.74, 6) is 0.336. The van der Waals surface area contributed by atoms with Crippen LogP contribution in [0, 0.1) is 5.92 Å². The van der Waals surface area contributed by atoms with Crippen molar-refractivity contribution in [2.24, 2.45) is 11.7 Å². The Morgan fingerprint density at radius 3 is 2.29 bits per heavy atom. The maximum Gasteiger partial charge on any atom is 0.251 e. The molecule has 3 rings (SSSR count). The van der Waals surface area contributed by atoms with Gasteiger partial charge >= 0.3 is 0 Å². The largest absolute Gasteiger partial charge is 0.349 e. The molecule has 1 heterocycles. The topological polar surface area (TPSA) is 75.4 Å². The molecule has 0 aromatic heterocycles. The van der Waals surface area contributed by atoms with E-state index < -0.39 is 0 Å². The van der Waals surface area contributed by atoms with Crippen molar-refractivity contribution in [3.05, 3.63) is 35.9 Å². The fraction of sp³-hybridized carbons (Fsp3) is 0.556. The van der Waals surface area contributed by atoms with Crippen LogP contribution in [0.4, 0.5) is 0 Å². The van der Waals surface area contributed by atoms with Crippen molar-refractivity contribution in [2.75, 3.05) is 13.1 Å². The van der Waals surface area contributed by atoms with Crippen LogP contribution in [0.25, 0.3) is 0 Å². The van der Waals surface area contributed by atoms with Gasteiger partial charge in [0, 0.05) is 36.7 Å². The SMILES string of the molecule is Cl.NC1CCC(C(=O)N2CCC(NC(=O)c3ccccc3)CC2)C1. The monoisotopic (exact) mass is 351 g/mol. The zero-order chi connectivity index (χ0) is 16.2. The third kappa shape index (κ3) is 4.48. The Hall–Kier alpha value is -1.59. The molecule has 1 aliphatic heterocycles. The van der Waals surface area contributed by atoms with Gasteiger partial charge in [-0.2, -0.15) is 0 Å². The van der Waals surface area contributed by atoms with Gasteiger partial charge in [0.2, 0.25) is 5.91 Å². The third-order valence-electron chi connectivity index (χ3n) is 5.00. The van der Waals surface area contributed by atoms with Gasteiger partial charge in [0.15, 0.2) is 0 Å². The van der Waals surface area contributed by atoms with Crippen LogP contribution < -0.4 is 11.1 Å². The summed E-state index contributed by atoms with van der Waals surface area (Å²) in [5, 5.41) is 3.07. The van der Waals surface area contributed by atoms with Crippen molar-refractivity contribution < 1.29 is 9.59 Å². The minimum absolute atomic E-state index is 0. The number of nitrogens with zero attached hydrogens (tertiary/aromatic N) is 1. The molecule has 3 N–H and O–H groups in total. The van der Waals surface area contributed by atoms with Crippen molar-refractivity contribution in [1.82, 2.24) is 10.2 Å². The number of carbonyl (C=O) groups excluding carboxylic acids is 2. The molecule has 132 valence electrons. The second-order valence-electron chi connectivity index (χ2n) is 6.71. The zero-order valence-electron chi connectivity index (χ0n) is 13.8. The highest BCUT2D eigenvalue weighted by molar-refractivity contribution is 5.94. The van der Waals surface area contributed by atoms with Gasteiger partial charge in [0.1, 0.15) is 0 Å².